The Morgan fingerprint density at radius 1 is 1.05 bits per heavy atom. The van der Waals surface area contributed by atoms with E-state index in [2.05, 4.69) is 6.07 Å². The molecule has 0 spiro atoms. The average molecular weight is 308 g/mol. The van der Waals surface area contributed by atoms with Crippen molar-refractivity contribution in [2.75, 3.05) is 5.73 Å². The molecular formula is C14H16N2O2S2. The zero-order valence-corrected chi connectivity index (χ0v) is 12.9. The summed E-state index contributed by atoms with van der Waals surface area (Å²) in [6.45, 7) is 4.08. The lowest BCUT2D eigenvalue weighted by molar-refractivity contribution is 0.598. The number of anilines is 1. The van der Waals surface area contributed by atoms with E-state index in [4.69, 9.17) is 10.9 Å². The molecule has 2 aromatic rings. The fourth-order valence-corrected chi connectivity index (χ4v) is 3.47. The third-order valence-corrected chi connectivity index (χ3v) is 5.00. The molecule has 0 aliphatic carbocycles. The third-order valence-electron chi connectivity index (χ3n) is 2.85. The second-order valence-electron chi connectivity index (χ2n) is 4.62. The van der Waals surface area contributed by atoms with Gasteiger partial charge in [-0.05, 0) is 43.7 Å². The summed E-state index contributed by atoms with van der Waals surface area (Å²) in [5, 5.41) is 5.09. The molecule has 0 heterocycles. The van der Waals surface area contributed by atoms with Crippen molar-refractivity contribution in [1.29, 1.82) is 0 Å². The van der Waals surface area contributed by atoms with Gasteiger partial charge in [-0.25, -0.2) is 13.6 Å². The Bertz CT molecular complexity index is 756. The SMILES string of the molecule is Cc1ccc(Sc2ccc(S(N)(=O)=O)c(N)c2)c(C)c1. The lowest BCUT2D eigenvalue weighted by Gasteiger charge is -2.09. The fraction of sp³-hybridized carbons (Fsp3) is 0.143. The van der Waals surface area contributed by atoms with Crippen LogP contribution in [0.5, 0.6) is 0 Å². The van der Waals surface area contributed by atoms with E-state index < -0.39 is 10.0 Å². The van der Waals surface area contributed by atoms with Crippen LogP contribution < -0.4 is 10.9 Å². The smallest absolute Gasteiger partial charge is 0.240 e. The minimum Gasteiger partial charge on any atom is -0.398 e. The van der Waals surface area contributed by atoms with E-state index in [1.807, 2.05) is 26.0 Å². The van der Waals surface area contributed by atoms with Crippen LogP contribution in [0.4, 0.5) is 5.69 Å². The van der Waals surface area contributed by atoms with Gasteiger partial charge in [-0.1, -0.05) is 29.5 Å². The van der Waals surface area contributed by atoms with E-state index in [0.29, 0.717) is 0 Å². The number of hydrogen-bond acceptors (Lipinski definition) is 4. The number of nitrogens with two attached hydrogens (primary N) is 2. The summed E-state index contributed by atoms with van der Waals surface area (Å²) in [5.74, 6) is 0. The number of hydrogen-bond donors (Lipinski definition) is 2. The number of benzene rings is 2. The van der Waals surface area contributed by atoms with Crippen molar-refractivity contribution >= 4 is 27.5 Å². The Morgan fingerprint density at radius 3 is 2.30 bits per heavy atom. The Kier molecular flexibility index (Phi) is 4.08. The molecule has 2 rings (SSSR count). The third kappa shape index (κ3) is 3.33. The van der Waals surface area contributed by atoms with Crippen molar-refractivity contribution < 1.29 is 8.42 Å². The van der Waals surface area contributed by atoms with Crippen LogP contribution in [-0.2, 0) is 10.0 Å². The van der Waals surface area contributed by atoms with E-state index in [-0.39, 0.29) is 10.6 Å². The highest BCUT2D eigenvalue weighted by atomic mass is 32.2. The Hall–Kier alpha value is -1.50. The van der Waals surface area contributed by atoms with E-state index in [9.17, 15) is 8.42 Å². The molecule has 20 heavy (non-hydrogen) atoms. The van der Waals surface area contributed by atoms with Crippen molar-refractivity contribution in [1.82, 2.24) is 0 Å². The van der Waals surface area contributed by atoms with Crippen LogP contribution in [0.2, 0.25) is 0 Å². The summed E-state index contributed by atoms with van der Waals surface area (Å²) in [5.41, 5.74) is 8.29. The van der Waals surface area contributed by atoms with Gasteiger partial charge in [0.25, 0.3) is 0 Å². The van der Waals surface area contributed by atoms with Gasteiger partial charge in [0.05, 0.1) is 5.69 Å². The first-order valence-electron chi connectivity index (χ1n) is 5.95. The predicted molar refractivity (Wildman–Crippen MR) is 82.3 cm³/mol. The zero-order chi connectivity index (χ0) is 14.9. The van der Waals surface area contributed by atoms with E-state index in [1.165, 1.54) is 17.2 Å². The molecule has 0 saturated heterocycles. The van der Waals surface area contributed by atoms with Gasteiger partial charge in [-0.15, -0.1) is 0 Å². The molecule has 0 unspecified atom stereocenters. The lowest BCUT2D eigenvalue weighted by atomic mass is 10.2. The van der Waals surface area contributed by atoms with Crippen molar-refractivity contribution in [2.24, 2.45) is 5.14 Å². The van der Waals surface area contributed by atoms with Gasteiger partial charge in [0.15, 0.2) is 0 Å². The Balaban J connectivity index is 2.34. The molecule has 0 amide bonds. The van der Waals surface area contributed by atoms with Crippen LogP contribution in [-0.4, -0.2) is 8.42 Å². The molecule has 0 aliphatic rings. The number of rotatable bonds is 3. The monoisotopic (exact) mass is 308 g/mol. The number of sulfonamides is 1. The quantitative estimate of drug-likeness (QED) is 0.854. The molecule has 0 saturated carbocycles. The van der Waals surface area contributed by atoms with Gasteiger partial charge in [0.1, 0.15) is 4.90 Å². The van der Waals surface area contributed by atoms with Gasteiger partial charge in [0, 0.05) is 9.79 Å². The first-order chi connectivity index (χ1) is 9.27. The van der Waals surface area contributed by atoms with Crippen molar-refractivity contribution in [3.63, 3.8) is 0 Å². The topological polar surface area (TPSA) is 86.2 Å². The van der Waals surface area contributed by atoms with Crippen LogP contribution in [0.1, 0.15) is 11.1 Å². The predicted octanol–water partition coefficient (Wildman–Crippen LogP) is 2.68. The average Bonchev–Trinajstić information content (AvgIpc) is 2.31. The Labute approximate surface area is 123 Å². The molecule has 4 N–H and O–H groups in total. The van der Waals surface area contributed by atoms with E-state index in [1.54, 1.807) is 23.9 Å². The molecule has 106 valence electrons. The molecule has 6 heteroatoms. The molecule has 0 atom stereocenters. The van der Waals surface area contributed by atoms with Crippen LogP contribution in [0.25, 0.3) is 0 Å². The molecule has 4 nitrogen and oxygen atoms in total. The first kappa shape index (κ1) is 14.9. The number of aryl methyl sites for hydroxylation is 2. The normalized spacial score (nSPS) is 11.6. The maximum Gasteiger partial charge on any atom is 0.240 e. The van der Waals surface area contributed by atoms with Crippen LogP contribution in [0.3, 0.4) is 0 Å². The van der Waals surface area contributed by atoms with E-state index >= 15 is 0 Å². The molecule has 2 aromatic carbocycles. The summed E-state index contributed by atoms with van der Waals surface area (Å²) < 4.78 is 22.6. The highest BCUT2D eigenvalue weighted by molar-refractivity contribution is 7.99. The molecular weight excluding hydrogens is 292 g/mol. The van der Waals surface area contributed by atoms with Crippen molar-refractivity contribution in [3.8, 4) is 0 Å². The van der Waals surface area contributed by atoms with Gasteiger partial charge >= 0.3 is 0 Å². The molecule has 0 fully saturated rings. The molecule has 0 radical (unpaired) electrons. The molecule has 0 aromatic heterocycles. The minimum absolute atomic E-state index is 0.0394. The van der Waals surface area contributed by atoms with Gasteiger partial charge in [-0.2, -0.15) is 0 Å². The first-order valence-corrected chi connectivity index (χ1v) is 8.31. The summed E-state index contributed by atoms with van der Waals surface area (Å²) in [6.07, 6.45) is 0. The maximum absolute atomic E-state index is 11.3. The number of primary sulfonamides is 1. The molecule has 0 aliphatic heterocycles. The summed E-state index contributed by atoms with van der Waals surface area (Å²) in [6, 6.07) is 11.0. The van der Waals surface area contributed by atoms with Crippen molar-refractivity contribution in [2.45, 2.75) is 28.5 Å². The van der Waals surface area contributed by atoms with Gasteiger partial charge in [0.2, 0.25) is 10.0 Å². The second kappa shape index (κ2) is 5.47. The van der Waals surface area contributed by atoms with Gasteiger partial charge < -0.3 is 5.73 Å². The largest absolute Gasteiger partial charge is 0.398 e. The van der Waals surface area contributed by atoms with E-state index in [0.717, 1.165) is 9.79 Å². The zero-order valence-electron chi connectivity index (χ0n) is 11.3. The highest BCUT2D eigenvalue weighted by Crippen LogP contribution is 2.33. The maximum atomic E-state index is 11.3. The highest BCUT2D eigenvalue weighted by Gasteiger charge is 2.13. The second-order valence-corrected chi connectivity index (χ2v) is 7.26. The molecule has 0 bridgehead atoms. The number of nitrogen functional groups attached to an aromatic ring is 1. The standard InChI is InChI=1S/C14H16N2O2S2/c1-9-3-5-13(10(2)7-9)19-11-4-6-14(12(15)8-11)20(16,17)18/h3-8H,15H2,1-2H3,(H2,16,17,18). The minimum atomic E-state index is -3.77. The van der Waals surface area contributed by atoms with Crippen molar-refractivity contribution in [3.05, 3.63) is 47.5 Å². The lowest BCUT2D eigenvalue weighted by Crippen LogP contribution is -2.14. The van der Waals surface area contributed by atoms with Gasteiger partial charge in [-0.3, -0.25) is 0 Å². The summed E-state index contributed by atoms with van der Waals surface area (Å²) >= 11 is 1.54. The van der Waals surface area contributed by atoms with Crippen LogP contribution in [0.15, 0.2) is 51.1 Å². The summed E-state index contributed by atoms with van der Waals surface area (Å²) in [4.78, 5) is 1.95. The Morgan fingerprint density at radius 2 is 1.75 bits per heavy atom. The summed E-state index contributed by atoms with van der Waals surface area (Å²) in [7, 11) is -3.77. The fourth-order valence-electron chi connectivity index (χ4n) is 1.89. The van der Waals surface area contributed by atoms with Crippen LogP contribution >= 0.6 is 11.8 Å². The van der Waals surface area contributed by atoms with Crippen LogP contribution in [0, 0.1) is 13.8 Å².